The summed E-state index contributed by atoms with van der Waals surface area (Å²) in [4.78, 5) is 12.9. The van der Waals surface area contributed by atoms with Crippen molar-refractivity contribution in [2.45, 2.75) is 13.5 Å². The van der Waals surface area contributed by atoms with Gasteiger partial charge in [-0.2, -0.15) is 0 Å². The van der Waals surface area contributed by atoms with Crippen LogP contribution in [0.4, 0.5) is 9.18 Å². The van der Waals surface area contributed by atoms with Crippen molar-refractivity contribution in [1.29, 1.82) is 0 Å². The van der Waals surface area contributed by atoms with Gasteiger partial charge in [0, 0.05) is 20.1 Å². The van der Waals surface area contributed by atoms with E-state index >= 15 is 0 Å². The predicted molar refractivity (Wildman–Crippen MR) is 56.9 cm³/mol. The van der Waals surface area contributed by atoms with Crippen molar-refractivity contribution >= 4 is 6.03 Å². The topological polar surface area (TPSA) is 32.3 Å². The largest absolute Gasteiger partial charge is 0.334 e. The second-order valence-corrected chi connectivity index (χ2v) is 3.30. The van der Waals surface area contributed by atoms with E-state index in [1.54, 1.807) is 24.1 Å². The molecule has 0 fully saturated rings. The zero-order chi connectivity index (χ0) is 11.3. The van der Waals surface area contributed by atoms with Crippen LogP contribution in [-0.4, -0.2) is 24.5 Å². The lowest BCUT2D eigenvalue weighted by Gasteiger charge is -2.15. The second kappa shape index (κ2) is 5.34. The summed E-state index contributed by atoms with van der Waals surface area (Å²) in [5.41, 5.74) is 0.757. The highest BCUT2D eigenvalue weighted by atomic mass is 19.1. The molecule has 0 radical (unpaired) electrons. The molecule has 0 aromatic heterocycles. The van der Waals surface area contributed by atoms with Crippen LogP contribution in [0.5, 0.6) is 0 Å². The van der Waals surface area contributed by atoms with Gasteiger partial charge in [0.2, 0.25) is 0 Å². The van der Waals surface area contributed by atoms with Crippen LogP contribution in [-0.2, 0) is 6.54 Å². The standard InChI is InChI=1S/C11H15FN2O/c1-3-14(2)11(15)13-8-9-5-4-6-10(12)7-9/h4-7H,3,8H2,1-2H3,(H,13,15). The van der Waals surface area contributed by atoms with E-state index in [2.05, 4.69) is 5.32 Å². The Hall–Kier alpha value is -1.58. The van der Waals surface area contributed by atoms with Crippen molar-refractivity contribution in [3.05, 3.63) is 35.6 Å². The van der Waals surface area contributed by atoms with Crippen LogP contribution >= 0.6 is 0 Å². The van der Waals surface area contributed by atoms with Crippen molar-refractivity contribution < 1.29 is 9.18 Å². The Kier molecular flexibility index (Phi) is 4.09. The lowest BCUT2D eigenvalue weighted by atomic mass is 10.2. The molecule has 4 heteroatoms. The molecule has 0 spiro atoms. The molecule has 1 rings (SSSR count). The summed E-state index contributed by atoms with van der Waals surface area (Å²) in [6, 6.07) is 6.03. The number of benzene rings is 1. The maximum atomic E-state index is 12.8. The minimum atomic E-state index is -0.286. The maximum absolute atomic E-state index is 12.8. The predicted octanol–water partition coefficient (Wildman–Crippen LogP) is 1.99. The molecule has 82 valence electrons. The molecule has 1 aromatic carbocycles. The molecule has 0 atom stereocenters. The van der Waals surface area contributed by atoms with Crippen LogP contribution in [0.1, 0.15) is 12.5 Å². The van der Waals surface area contributed by atoms with Crippen molar-refractivity contribution in [3.63, 3.8) is 0 Å². The highest BCUT2D eigenvalue weighted by Crippen LogP contribution is 2.02. The maximum Gasteiger partial charge on any atom is 0.317 e. The van der Waals surface area contributed by atoms with E-state index in [1.807, 2.05) is 6.92 Å². The van der Waals surface area contributed by atoms with Crippen LogP contribution in [0.25, 0.3) is 0 Å². The molecule has 1 N–H and O–H groups in total. The van der Waals surface area contributed by atoms with Crippen LogP contribution < -0.4 is 5.32 Å². The SMILES string of the molecule is CCN(C)C(=O)NCc1cccc(F)c1. The van der Waals surface area contributed by atoms with Crippen LogP contribution in [0.2, 0.25) is 0 Å². The van der Waals surface area contributed by atoms with E-state index in [0.717, 1.165) is 5.56 Å². The average Bonchev–Trinajstić information content (AvgIpc) is 2.25. The van der Waals surface area contributed by atoms with E-state index in [9.17, 15) is 9.18 Å². The minimum absolute atomic E-state index is 0.151. The van der Waals surface area contributed by atoms with Gasteiger partial charge in [0.1, 0.15) is 5.82 Å². The summed E-state index contributed by atoms with van der Waals surface area (Å²) < 4.78 is 12.8. The lowest BCUT2D eigenvalue weighted by molar-refractivity contribution is 0.210. The van der Waals surface area contributed by atoms with Crippen LogP contribution in [0, 0.1) is 5.82 Å². The van der Waals surface area contributed by atoms with Crippen LogP contribution in [0.3, 0.4) is 0 Å². The van der Waals surface area contributed by atoms with Gasteiger partial charge in [0.25, 0.3) is 0 Å². The fourth-order valence-electron chi connectivity index (χ4n) is 1.10. The monoisotopic (exact) mass is 210 g/mol. The molecule has 1 aromatic rings. The van der Waals surface area contributed by atoms with Gasteiger partial charge < -0.3 is 10.2 Å². The van der Waals surface area contributed by atoms with Gasteiger partial charge in [-0.05, 0) is 24.6 Å². The molecule has 0 heterocycles. The third-order valence-electron chi connectivity index (χ3n) is 2.15. The summed E-state index contributed by atoms with van der Waals surface area (Å²) in [6.45, 7) is 2.89. The number of urea groups is 1. The average molecular weight is 210 g/mol. The van der Waals surface area contributed by atoms with Gasteiger partial charge >= 0.3 is 6.03 Å². The molecule has 15 heavy (non-hydrogen) atoms. The van der Waals surface area contributed by atoms with Crippen molar-refractivity contribution in [2.75, 3.05) is 13.6 Å². The minimum Gasteiger partial charge on any atom is -0.334 e. The first-order valence-corrected chi connectivity index (χ1v) is 4.87. The number of amides is 2. The number of hydrogen-bond donors (Lipinski definition) is 1. The molecule has 0 aliphatic heterocycles. The first kappa shape index (κ1) is 11.5. The highest BCUT2D eigenvalue weighted by Gasteiger charge is 2.04. The number of carbonyl (C=O) groups excluding carboxylic acids is 1. The number of nitrogens with zero attached hydrogens (tertiary/aromatic N) is 1. The number of carbonyl (C=O) groups is 1. The molecule has 2 amide bonds. The van der Waals surface area contributed by atoms with Gasteiger partial charge in [-0.25, -0.2) is 9.18 Å². The number of hydrogen-bond acceptors (Lipinski definition) is 1. The molecule has 0 saturated carbocycles. The van der Waals surface area contributed by atoms with E-state index < -0.39 is 0 Å². The van der Waals surface area contributed by atoms with E-state index in [1.165, 1.54) is 12.1 Å². The van der Waals surface area contributed by atoms with Gasteiger partial charge in [-0.15, -0.1) is 0 Å². The van der Waals surface area contributed by atoms with E-state index in [4.69, 9.17) is 0 Å². The summed E-state index contributed by atoms with van der Waals surface area (Å²) in [7, 11) is 1.71. The van der Waals surface area contributed by atoms with Gasteiger partial charge in [-0.3, -0.25) is 0 Å². The first-order valence-electron chi connectivity index (χ1n) is 4.87. The number of rotatable bonds is 3. The Morgan fingerprint density at radius 1 is 1.53 bits per heavy atom. The zero-order valence-corrected chi connectivity index (χ0v) is 8.96. The van der Waals surface area contributed by atoms with Crippen LogP contribution in [0.15, 0.2) is 24.3 Å². The highest BCUT2D eigenvalue weighted by molar-refractivity contribution is 5.73. The quantitative estimate of drug-likeness (QED) is 0.813. The Morgan fingerprint density at radius 2 is 2.27 bits per heavy atom. The molecule has 0 aliphatic rings. The molecular formula is C11H15FN2O. The number of nitrogens with one attached hydrogen (secondary N) is 1. The van der Waals surface area contributed by atoms with Gasteiger partial charge in [0.15, 0.2) is 0 Å². The summed E-state index contributed by atoms with van der Waals surface area (Å²) in [5, 5.41) is 2.70. The first-order chi connectivity index (χ1) is 7.13. The third kappa shape index (κ3) is 3.58. The molecule has 0 aliphatic carbocycles. The second-order valence-electron chi connectivity index (χ2n) is 3.30. The van der Waals surface area contributed by atoms with Gasteiger partial charge in [-0.1, -0.05) is 12.1 Å². The molecule has 0 unspecified atom stereocenters. The summed E-state index contributed by atoms with van der Waals surface area (Å²) in [6.07, 6.45) is 0. The van der Waals surface area contributed by atoms with E-state index in [-0.39, 0.29) is 11.8 Å². The third-order valence-corrected chi connectivity index (χ3v) is 2.15. The Bertz CT molecular complexity index is 341. The van der Waals surface area contributed by atoms with Crippen molar-refractivity contribution in [1.82, 2.24) is 10.2 Å². The number of halogens is 1. The Balaban J connectivity index is 2.47. The van der Waals surface area contributed by atoms with Crippen molar-refractivity contribution in [2.24, 2.45) is 0 Å². The van der Waals surface area contributed by atoms with Crippen molar-refractivity contribution in [3.8, 4) is 0 Å². The van der Waals surface area contributed by atoms with E-state index in [0.29, 0.717) is 13.1 Å². The lowest BCUT2D eigenvalue weighted by Crippen LogP contribution is -2.36. The normalized spacial score (nSPS) is 9.80. The Morgan fingerprint density at radius 3 is 2.87 bits per heavy atom. The smallest absolute Gasteiger partial charge is 0.317 e. The Labute approximate surface area is 88.9 Å². The summed E-state index contributed by atoms with van der Waals surface area (Å²) >= 11 is 0. The fraction of sp³-hybridized carbons (Fsp3) is 0.364. The molecular weight excluding hydrogens is 195 g/mol. The summed E-state index contributed by atoms with van der Waals surface area (Å²) in [5.74, 6) is -0.286. The fourth-order valence-corrected chi connectivity index (χ4v) is 1.10. The molecule has 3 nitrogen and oxygen atoms in total. The zero-order valence-electron chi connectivity index (χ0n) is 8.96. The van der Waals surface area contributed by atoms with Gasteiger partial charge in [0.05, 0.1) is 0 Å². The molecule has 0 saturated heterocycles. The molecule has 0 bridgehead atoms.